The van der Waals surface area contributed by atoms with Gasteiger partial charge in [0.25, 0.3) is 0 Å². The van der Waals surface area contributed by atoms with Gasteiger partial charge in [0.2, 0.25) is 5.91 Å². The SMILES string of the molecule is Cc1nc2c(c(N3CCCCC3)n1)CN(C(=O)C(C)C)CC2. The third kappa shape index (κ3) is 2.94. The summed E-state index contributed by atoms with van der Waals surface area (Å²) >= 11 is 0. The summed E-state index contributed by atoms with van der Waals surface area (Å²) in [5.74, 6) is 2.20. The van der Waals surface area contributed by atoms with Gasteiger partial charge < -0.3 is 9.80 Å². The molecular weight excluding hydrogens is 276 g/mol. The maximum atomic E-state index is 12.3. The van der Waals surface area contributed by atoms with Crippen LogP contribution in [0.2, 0.25) is 0 Å². The maximum Gasteiger partial charge on any atom is 0.225 e. The minimum Gasteiger partial charge on any atom is -0.356 e. The highest BCUT2D eigenvalue weighted by Gasteiger charge is 2.28. The highest BCUT2D eigenvalue weighted by molar-refractivity contribution is 5.78. The summed E-state index contributed by atoms with van der Waals surface area (Å²) in [5, 5.41) is 0. The fourth-order valence-corrected chi connectivity index (χ4v) is 3.44. The Balaban J connectivity index is 1.92. The molecule has 0 bridgehead atoms. The van der Waals surface area contributed by atoms with Gasteiger partial charge in [0, 0.05) is 37.5 Å². The van der Waals surface area contributed by atoms with E-state index in [1.807, 2.05) is 25.7 Å². The molecule has 0 radical (unpaired) electrons. The Bertz CT molecular complexity index is 564. The van der Waals surface area contributed by atoms with Gasteiger partial charge in [-0.05, 0) is 26.2 Å². The molecule has 1 aromatic heterocycles. The second-order valence-electron chi connectivity index (χ2n) is 6.73. The molecule has 2 aliphatic heterocycles. The molecule has 0 spiro atoms. The second kappa shape index (κ2) is 6.23. The minimum atomic E-state index is 0.0475. The van der Waals surface area contributed by atoms with Crippen LogP contribution in [0.5, 0.6) is 0 Å². The molecule has 1 saturated heterocycles. The number of hydrogen-bond donors (Lipinski definition) is 0. The van der Waals surface area contributed by atoms with Gasteiger partial charge in [0.1, 0.15) is 11.6 Å². The van der Waals surface area contributed by atoms with Crippen molar-refractivity contribution in [2.75, 3.05) is 24.5 Å². The zero-order chi connectivity index (χ0) is 15.7. The van der Waals surface area contributed by atoms with Gasteiger partial charge in [-0.3, -0.25) is 4.79 Å². The lowest BCUT2D eigenvalue weighted by Gasteiger charge is -2.35. The molecule has 5 nitrogen and oxygen atoms in total. The number of aryl methyl sites for hydroxylation is 1. The van der Waals surface area contributed by atoms with Crippen molar-refractivity contribution in [3.8, 4) is 0 Å². The quantitative estimate of drug-likeness (QED) is 0.841. The number of carbonyl (C=O) groups excluding carboxylic acids is 1. The first kappa shape index (κ1) is 15.3. The normalized spacial score (nSPS) is 18.5. The van der Waals surface area contributed by atoms with E-state index in [1.54, 1.807) is 0 Å². The number of nitrogens with zero attached hydrogens (tertiary/aromatic N) is 4. The summed E-state index contributed by atoms with van der Waals surface area (Å²) < 4.78 is 0. The van der Waals surface area contributed by atoms with Crippen LogP contribution in [0.1, 0.15) is 50.2 Å². The van der Waals surface area contributed by atoms with Crippen LogP contribution in [0, 0.1) is 12.8 Å². The van der Waals surface area contributed by atoms with Gasteiger partial charge in [-0.15, -0.1) is 0 Å². The van der Waals surface area contributed by atoms with Crippen LogP contribution >= 0.6 is 0 Å². The van der Waals surface area contributed by atoms with Gasteiger partial charge in [0.05, 0.1) is 12.2 Å². The number of amides is 1. The Hall–Kier alpha value is -1.65. The summed E-state index contributed by atoms with van der Waals surface area (Å²) in [4.78, 5) is 26.1. The Labute approximate surface area is 132 Å². The number of hydrogen-bond acceptors (Lipinski definition) is 4. The second-order valence-corrected chi connectivity index (χ2v) is 6.73. The molecule has 2 aliphatic rings. The first-order valence-corrected chi connectivity index (χ1v) is 8.46. The van der Waals surface area contributed by atoms with Crippen molar-refractivity contribution in [2.24, 2.45) is 5.92 Å². The van der Waals surface area contributed by atoms with Crippen LogP contribution in [-0.4, -0.2) is 40.4 Å². The van der Waals surface area contributed by atoms with E-state index in [0.717, 1.165) is 43.4 Å². The lowest BCUT2D eigenvalue weighted by Crippen LogP contribution is -2.40. The largest absolute Gasteiger partial charge is 0.356 e. The lowest BCUT2D eigenvalue weighted by atomic mass is 10.0. The van der Waals surface area contributed by atoms with E-state index >= 15 is 0 Å². The average Bonchev–Trinajstić information content (AvgIpc) is 2.53. The molecule has 1 aromatic rings. The number of piperidine rings is 1. The van der Waals surface area contributed by atoms with Crippen molar-refractivity contribution in [2.45, 2.75) is 53.0 Å². The summed E-state index contributed by atoms with van der Waals surface area (Å²) in [6.45, 7) is 9.49. The predicted octanol–water partition coefficient (Wildman–Crippen LogP) is 2.32. The van der Waals surface area contributed by atoms with Gasteiger partial charge in [-0.1, -0.05) is 13.8 Å². The Morgan fingerprint density at radius 3 is 2.50 bits per heavy atom. The van der Waals surface area contributed by atoms with Crippen molar-refractivity contribution in [1.29, 1.82) is 0 Å². The maximum absolute atomic E-state index is 12.3. The first-order chi connectivity index (χ1) is 10.6. The molecule has 0 atom stereocenters. The van der Waals surface area contributed by atoms with Crippen molar-refractivity contribution >= 4 is 11.7 Å². The van der Waals surface area contributed by atoms with Gasteiger partial charge in [-0.2, -0.15) is 0 Å². The first-order valence-electron chi connectivity index (χ1n) is 8.46. The molecule has 0 aromatic carbocycles. The van der Waals surface area contributed by atoms with Crippen LogP contribution in [0.3, 0.4) is 0 Å². The van der Waals surface area contributed by atoms with Gasteiger partial charge in [-0.25, -0.2) is 9.97 Å². The monoisotopic (exact) mass is 302 g/mol. The summed E-state index contributed by atoms with van der Waals surface area (Å²) in [5.41, 5.74) is 2.31. The van der Waals surface area contributed by atoms with E-state index in [9.17, 15) is 4.79 Å². The fraction of sp³-hybridized carbons (Fsp3) is 0.706. The number of aromatic nitrogens is 2. The smallest absolute Gasteiger partial charge is 0.225 e. The summed E-state index contributed by atoms with van der Waals surface area (Å²) in [6.07, 6.45) is 4.61. The summed E-state index contributed by atoms with van der Waals surface area (Å²) in [6, 6.07) is 0. The van der Waals surface area contributed by atoms with Crippen molar-refractivity contribution in [3.05, 3.63) is 17.1 Å². The predicted molar refractivity (Wildman–Crippen MR) is 86.8 cm³/mol. The zero-order valence-electron chi connectivity index (χ0n) is 13.9. The standard InChI is InChI=1S/C17H26N4O/c1-12(2)17(22)21-10-7-15-14(11-21)16(19-13(3)18-15)20-8-5-4-6-9-20/h12H,4-11H2,1-3H3. The van der Waals surface area contributed by atoms with Crippen LogP contribution in [0.4, 0.5) is 5.82 Å². The molecule has 1 fully saturated rings. The highest BCUT2D eigenvalue weighted by atomic mass is 16.2. The molecule has 0 saturated carbocycles. The van der Waals surface area contributed by atoms with Crippen LogP contribution in [0.25, 0.3) is 0 Å². The number of fused-ring (bicyclic) bond motifs is 1. The topological polar surface area (TPSA) is 49.3 Å². The Morgan fingerprint density at radius 2 is 1.82 bits per heavy atom. The highest BCUT2D eigenvalue weighted by Crippen LogP contribution is 2.29. The fourth-order valence-electron chi connectivity index (χ4n) is 3.44. The molecular formula is C17H26N4O. The molecule has 1 amide bonds. The molecule has 22 heavy (non-hydrogen) atoms. The summed E-state index contributed by atoms with van der Waals surface area (Å²) in [7, 11) is 0. The van der Waals surface area contributed by atoms with Gasteiger partial charge in [0.15, 0.2) is 0 Å². The third-order valence-corrected chi connectivity index (χ3v) is 4.61. The lowest BCUT2D eigenvalue weighted by molar-refractivity contribution is -0.135. The van der Waals surface area contributed by atoms with Crippen molar-refractivity contribution in [1.82, 2.24) is 14.9 Å². The Kier molecular flexibility index (Phi) is 4.32. The third-order valence-electron chi connectivity index (χ3n) is 4.61. The van der Waals surface area contributed by atoms with E-state index < -0.39 is 0 Å². The minimum absolute atomic E-state index is 0.0475. The van der Waals surface area contributed by atoms with Crippen LogP contribution < -0.4 is 4.90 Å². The zero-order valence-corrected chi connectivity index (χ0v) is 13.9. The van der Waals surface area contributed by atoms with E-state index in [2.05, 4.69) is 9.88 Å². The van der Waals surface area contributed by atoms with Crippen LogP contribution in [0.15, 0.2) is 0 Å². The number of carbonyl (C=O) groups is 1. The van der Waals surface area contributed by atoms with Crippen molar-refractivity contribution in [3.63, 3.8) is 0 Å². The van der Waals surface area contributed by atoms with Crippen molar-refractivity contribution < 1.29 is 4.79 Å². The molecule has 0 unspecified atom stereocenters. The van der Waals surface area contributed by atoms with E-state index in [4.69, 9.17) is 4.98 Å². The Morgan fingerprint density at radius 1 is 1.09 bits per heavy atom. The number of anilines is 1. The molecule has 120 valence electrons. The molecule has 3 rings (SSSR count). The number of rotatable bonds is 2. The average molecular weight is 302 g/mol. The van der Waals surface area contributed by atoms with E-state index in [0.29, 0.717) is 6.54 Å². The molecule has 3 heterocycles. The molecule has 0 N–H and O–H groups in total. The molecule has 0 aliphatic carbocycles. The van der Waals surface area contributed by atoms with Crippen LogP contribution in [-0.2, 0) is 17.8 Å². The van der Waals surface area contributed by atoms with Gasteiger partial charge >= 0.3 is 0 Å². The van der Waals surface area contributed by atoms with E-state index in [1.165, 1.54) is 24.8 Å². The molecule has 5 heteroatoms. The van der Waals surface area contributed by atoms with E-state index in [-0.39, 0.29) is 11.8 Å².